The van der Waals surface area contributed by atoms with E-state index in [0.29, 0.717) is 16.5 Å². The van der Waals surface area contributed by atoms with Crippen molar-refractivity contribution in [2.45, 2.75) is 0 Å². The van der Waals surface area contributed by atoms with Crippen LogP contribution in [0.1, 0.15) is 10.6 Å². The minimum atomic E-state index is -0.472. The van der Waals surface area contributed by atoms with Gasteiger partial charge in [-0.3, -0.25) is 4.79 Å². The van der Waals surface area contributed by atoms with Gasteiger partial charge in [-0.2, -0.15) is 5.21 Å². The van der Waals surface area contributed by atoms with Gasteiger partial charge in [0.2, 0.25) is 0 Å². The van der Waals surface area contributed by atoms with Gasteiger partial charge >= 0.3 is 0 Å². The Bertz CT molecular complexity index is 528. The number of hydrogen-bond donors (Lipinski definition) is 2. The number of rotatable bonds is 3. The second-order valence-electron chi connectivity index (χ2n) is 3.04. The molecule has 0 saturated heterocycles. The van der Waals surface area contributed by atoms with E-state index < -0.39 is 5.91 Å². The lowest BCUT2D eigenvalue weighted by molar-refractivity contribution is 0.101. The van der Waals surface area contributed by atoms with Crippen LogP contribution in [-0.4, -0.2) is 33.6 Å². The Labute approximate surface area is 101 Å². The Kier molecular flexibility index (Phi) is 3.20. The fraction of sp³-hybridized carbons (Fsp3) is 0.111. The number of anilines is 1. The molecule has 0 radical (unpaired) electrons. The third kappa shape index (κ3) is 2.51. The van der Waals surface area contributed by atoms with Gasteiger partial charge in [0.15, 0.2) is 0 Å². The van der Waals surface area contributed by atoms with Crippen LogP contribution in [0, 0.1) is 0 Å². The van der Waals surface area contributed by atoms with Gasteiger partial charge in [-0.15, -0.1) is 10.2 Å². The summed E-state index contributed by atoms with van der Waals surface area (Å²) < 4.78 is 4.99. The first-order valence-electron chi connectivity index (χ1n) is 4.59. The van der Waals surface area contributed by atoms with Gasteiger partial charge in [0, 0.05) is 5.69 Å². The van der Waals surface area contributed by atoms with Crippen molar-refractivity contribution in [3.8, 4) is 5.75 Å². The minimum Gasteiger partial charge on any atom is -0.495 e. The van der Waals surface area contributed by atoms with Crippen molar-refractivity contribution in [2.24, 2.45) is 0 Å². The molecule has 8 heteroatoms. The van der Waals surface area contributed by atoms with Crippen molar-refractivity contribution in [3.05, 3.63) is 29.0 Å². The third-order valence-corrected chi connectivity index (χ3v) is 2.25. The molecule has 0 unspecified atom stereocenters. The van der Waals surface area contributed by atoms with E-state index in [9.17, 15) is 4.79 Å². The summed E-state index contributed by atoms with van der Waals surface area (Å²) in [6.45, 7) is 0. The number of benzene rings is 1. The molecular weight excluding hydrogens is 246 g/mol. The lowest BCUT2D eigenvalue weighted by Crippen LogP contribution is -2.13. The first kappa shape index (κ1) is 11.3. The number of ether oxygens (including phenoxy) is 1. The van der Waals surface area contributed by atoms with Crippen LogP contribution in [0.25, 0.3) is 0 Å². The molecule has 17 heavy (non-hydrogen) atoms. The quantitative estimate of drug-likeness (QED) is 0.855. The highest BCUT2D eigenvalue weighted by Crippen LogP contribution is 2.27. The van der Waals surface area contributed by atoms with Crippen molar-refractivity contribution in [2.75, 3.05) is 12.4 Å². The Morgan fingerprint density at radius 3 is 2.94 bits per heavy atom. The largest absolute Gasteiger partial charge is 0.495 e. The number of amides is 1. The predicted molar refractivity (Wildman–Crippen MR) is 60.1 cm³/mol. The number of nitrogens with one attached hydrogen (secondary N) is 2. The molecular formula is C9H8ClN5O2. The van der Waals surface area contributed by atoms with E-state index in [-0.39, 0.29) is 5.82 Å². The van der Waals surface area contributed by atoms with Crippen LogP contribution >= 0.6 is 11.6 Å². The van der Waals surface area contributed by atoms with Crippen LogP contribution in [0.3, 0.4) is 0 Å². The van der Waals surface area contributed by atoms with Crippen LogP contribution in [0.2, 0.25) is 5.02 Å². The molecule has 0 saturated carbocycles. The summed E-state index contributed by atoms with van der Waals surface area (Å²) in [5.41, 5.74) is 0.519. The molecule has 1 aromatic carbocycles. The summed E-state index contributed by atoms with van der Waals surface area (Å²) in [4.78, 5) is 11.6. The smallest absolute Gasteiger partial charge is 0.297 e. The molecule has 0 aliphatic carbocycles. The van der Waals surface area contributed by atoms with Gasteiger partial charge in [0.25, 0.3) is 11.7 Å². The number of H-pyrrole nitrogens is 1. The van der Waals surface area contributed by atoms with Crippen LogP contribution in [-0.2, 0) is 0 Å². The average molecular weight is 254 g/mol. The van der Waals surface area contributed by atoms with Gasteiger partial charge in [0.05, 0.1) is 12.1 Å². The summed E-state index contributed by atoms with van der Waals surface area (Å²) in [6.07, 6.45) is 0. The molecule has 2 rings (SSSR count). The molecule has 0 fully saturated rings. The van der Waals surface area contributed by atoms with Gasteiger partial charge in [-0.1, -0.05) is 11.6 Å². The molecule has 0 aliphatic rings. The van der Waals surface area contributed by atoms with Crippen LogP contribution in [0.4, 0.5) is 5.69 Å². The van der Waals surface area contributed by atoms with E-state index in [1.54, 1.807) is 18.2 Å². The normalized spacial score (nSPS) is 10.0. The number of carbonyl (C=O) groups excluding carboxylic acids is 1. The Hall–Kier alpha value is -2.15. The lowest BCUT2D eigenvalue weighted by Gasteiger charge is -2.06. The molecule has 0 aliphatic heterocycles. The summed E-state index contributed by atoms with van der Waals surface area (Å²) in [5, 5.41) is 15.6. The number of methoxy groups -OCH3 is 1. The van der Waals surface area contributed by atoms with Crippen molar-refractivity contribution >= 4 is 23.2 Å². The van der Waals surface area contributed by atoms with E-state index in [1.807, 2.05) is 0 Å². The van der Waals surface area contributed by atoms with E-state index in [0.717, 1.165) is 0 Å². The SMILES string of the molecule is COc1ccc(NC(=O)c2nn[nH]n2)cc1Cl. The summed E-state index contributed by atoms with van der Waals surface area (Å²) in [6, 6.07) is 4.87. The van der Waals surface area contributed by atoms with Crippen LogP contribution < -0.4 is 10.1 Å². The van der Waals surface area contributed by atoms with Crippen molar-refractivity contribution in [1.29, 1.82) is 0 Å². The molecule has 2 aromatic rings. The molecule has 0 bridgehead atoms. The summed E-state index contributed by atoms with van der Waals surface area (Å²) in [7, 11) is 1.51. The number of tetrazole rings is 1. The highest BCUT2D eigenvalue weighted by Gasteiger charge is 2.11. The first-order chi connectivity index (χ1) is 8.20. The fourth-order valence-electron chi connectivity index (χ4n) is 1.19. The van der Waals surface area contributed by atoms with Crippen molar-refractivity contribution < 1.29 is 9.53 Å². The monoisotopic (exact) mass is 253 g/mol. The number of aromatic nitrogens is 4. The van der Waals surface area contributed by atoms with Crippen molar-refractivity contribution in [1.82, 2.24) is 20.6 Å². The minimum absolute atomic E-state index is 0.0445. The highest BCUT2D eigenvalue weighted by atomic mass is 35.5. The van der Waals surface area contributed by atoms with E-state index >= 15 is 0 Å². The third-order valence-electron chi connectivity index (χ3n) is 1.96. The standard InChI is InChI=1S/C9H8ClN5O2/c1-17-7-3-2-5(4-6(7)10)11-9(16)8-12-14-15-13-8/h2-4H,1H3,(H,11,16)(H,12,13,14,15). The molecule has 1 aromatic heterocycles. The Morgan fingerprint density at radius 2 is 2.35 bits per heavy atom. The topological polar surface area (TPSA) is 92.8 Å². The molecule has 0 spiro atoms. The predicted octanol–water partition coefficient (Wildman–Crippen LogP) is 1.11. The second kappa shape index (κ2) is 4.79. The second-order valence-corrected chi connectivity index (χ2v) is 3.45. The number of halogens is 1. The maximum Gasteiger partial charge on any atom is 0.297 e. The zero-order chi connectivity index (χ0) is 12.3. The molecule has 2 N–H and O–H groups in total. The van der Waals surface area contributed by atoms with Gasteiger partial charge in [0.1, 0.15) is 5.75 Å². The van der Waals surface area contributed by atoms with Crippen LogP contribution in [0.15, 0.2) is 18.2 Å². The number of nitrogens with zero attached hydrogens (tertiary/aromatic N) is 3. The maximum absolute atomic E-state index is 11.6. The van der Waals surface area contributed by atoms with E-state index in [4.69, 9.17) is 16.3 Å². The fourth-order valence-corrected chi connectivity index (χ4v) is 1.45. The summed E-state index contributed by atoms with van der Waals surface area (Å²) in [5.74, 6) is 0.0150. The zero-order valence-corrected chi connectivity index (χ0v) is 9.52. The first-order valence-corrected chi connectivity index (χ1v) is 4.97. The van der Waals surface area contributed by atoms with Gasteiger partial charge in [-0.25, -0.2) is 0 Å². The number of aromatic amines is 1. The molecule has 88 valence electrons. The zero-order valence-electron chi connectivity index (χ0n) is 8.77. The molecule has 0 atom stereocenters. The highest BCUT2D eigenvalue weighted by molar-refractivity contribution is 6.32. The Morgan fingerprint density at radius 1 is 1.53 bits per heavy atom. The van der Waals surface area contributed by atoms with E-state index in [1.165, 1.54) is 7.11 Å². The Balaban J connectivity index is 2.14. The van der Waals surface area contributed by atoms with Gasteiger partial charge < -0.3 is 10.1 Å². The molecule has 7 nitrogen and oxygen atoms in total. The van der Waals surface area contributed by atoms with Crippen molar-refractivity contribution in [3.63, 3.8) is 0 Å². The van der Waals surface area contributed by atoms with Gasteiger partial charge in [-0.05, 0) is 23.4 Å². The maximum atomic E-state index is 11.6. The molecule has 1 heterocycles. The summed E-state index contributed by atoms with van der Waals surface area (Å²) >= 11 is 5.91. The van der Waals surface area contributed by atoms with Crippen LogP contribution in [0.5, 0.6) is 5.75 Å². The number of hydrogen-bond acceptors (Lipinski definition) is 5. The van der Waals surface area contributed by atoms with E-state index in [2.05, 4.69) is 25.9 Å². The number of carbonyl (C=O) groups is 1. The lowest BCUT2D eigenvalue weighted by atomic mass is 10.3. The average Bonchev–Trinajstić information content (AvgIpc) is 2.82. The molecule has 1 amide bonds.